The van der Waals surface area contributed by atoms with Crippen molar-refractivity contribution in [1.82, 2.24) is 0 Å². The predicted octanol–water partition coefficient (Wildman–Crippen LogP) is 3.61. The molecule has 0 amide bonds. The van der Waals surface area contributed by atoms with Gasteiger partial charge in [0.25, 0.3) is 0 Å². The van der Waals surface area contributed by atoms with Crippen molar-refractivity contribution >= 4 is 0 Å². The fourth-order valence-corrected chi connectivity index (χ4v) is 3.46. The topological polar surface area (TPSA) is 0 Å². The second-order valence-electron chi connectivity index (χ2n) is 5.81. The SMILES string of the molecule is CC1CCCC(CC23CC2C3)C1. The van der Waals surface area contributed by atoms with E-state index in [2.05, 4.69) is 6.92 Å². The van der Waals surface area contributed by atoms with Crippen molar-refractivity contribution in [1.29, 1.82) is 0 Å². The molecule has 0 bridgehead atoms. The van der Waals surface area contributed by atoms with Crippen LogP contribution in [0.2, 0.25) is 0 Å². The van der Waals surface area contributed by atoms with Gasteiger partial charge in [-0.3, -0.25) is 0 Å². The van der Waals surface area contributed by atoms with E-state index >= 15 is 0 Å². The Bertz CT molecular complexity index is 188. The average molecular weight is 164 g/mol. The quantitative estimate of drug-likeness (QED) is 0.585. The molecule has 3 fully saturated rings. The van der Waals surface area contributed by atoms with E-state index in [0.717, 1.165) is 17.3 Å². The van der Waals surface area contributed by atoms with Crippen LogP contribution in [0.15, 0.2) is 0 Å². The Hall–Kier alpha value is 0. The Balaban J connectivity index is 1.54. The molecule has 0 aromatic heterocycles. The molecule has 0 aliphatic heterocycles. The van der Waals surface area contributed by atoms with E-state index in [1.807, 2.05) is 0 Å². The molecule has 0 nitrogen and oxygen atoms in total. The van der Waals surface area contributed by atoms with Crippen molar-refractivity contribution in [3.63, 3.8) is 0 Å². The molecule has 0 saturated heterocycles. The van der Waals surface area contributed by atoms with Crippen molar-refractivity contribution in [2.75, 3.05) is 0 Å². The summed E-state index contributed by atoms with van der Waals surface area (Å²) in [6.07, 6.45) is 11.0. The van der Waals surface area contributed by atoms with Gasteiger partial charge >= 0.3 is 0 Å². The highest BCUT2D eigenvalue weighted by Gasteiger charge is 2.69. The molecular formula is C12H20. The van der Waals surface area contributed by atoms with Crippen LogP contribution in [0.3, 0.4) is 0 Å². The van der Waals surface area contributed by atoms with Crippen molar-refractivity contribution in [3.05, 3.63) is 0 Å². The second kappa shape index (κ2) is 2.27. The number of fused-ring (bicyclic) bond motifs is 1. The minimum absolute atomic E-state index is 0.960. The van der Waals surface area contributed by atoms with Crippen molar-refractivity contribution in [3.8, 4) is 0 Å². The summed E-state index contributed by atoms with van der Waals surface area (Å²) < 4.78 is 0. The van der Waals surface area contributed by atoms with E-state index in [-0.39, 0.29) is 0 Å². The Morgan fingerprint density at radius 2 is 2.00 bits per heavy atom. The summed E-state index contributed by atoms with van der Waals surface area (Å²) in [5, 5.41) is 0. The maximum absolute atomic E-state index is 2.45. The van der Waals surface area contributed by atoms with Crippen LogP contribution in [-0.2, 0) is 0 Å². The standard InChI is InChI=1S/C12H20/c1-9-3-2-4-10(5-9)6-12-7-11(12)8-12/h9-11H,2-8H2,1H3. The van der Waals surface area contributed by atoms with Gasteiger partial charge in [-0.15, -0.1) is 0 Å². The highest BCUT2D eigenvalue weighted by molar-refractivity contribution is 5.18. The van der Waals surface area contributed by atoms with E-state index in [4.69, 9.17) is 0 Å². The monoisotopic (exact) mass is 164 g/mol. The summed E-state index contributed by atoms with van der Waals surface area (Å²) in [6.45, 7) is 2.45. The first-order valence-electron chi connectivity index (χ1n) is 5.78. The fourth-order valence-electron chi connectivity index (χ4n) is 3.46. The van der Waals surface area contributed by atoms with Crippen molar-refractivity contribution in [2.45, 2.75) is 51.9 Å². The van der Waals surface area contributed by atoms with Crippen LogP contribution in [0.5, 0.6) is 0 Å². The summed E-state index contributed by atoms with van der Waals surface area (Å²) in [5.74, 6) is 3.38. The summed E-state index contributed by atoms with van der Waals surface area (Å²) in [6, 6.07) is 0. The number of hydrogen-bond donors (Lipinski definition) is 0. The van der Waals surface area contributed by atoms with Crippen LogP contribution in [0, 0.1) is 23.2 Å². The first-order chi connectivity index (χ1) is 5.78. The Morgan fingerprint density at radius 3 is 2.58 bits per heavy atom. The lowest BCUT2D eigenvalue weighted by molar-refractivity contribution is 0.248. The van der Waals surface area contributed by atoms with Crippen LogP contribution in [0.25, 0.3) is 0 Å². The number of hydrogen-bond acceptors (Lipinski definition) is 0. The molecule has 0 aromatic carbocycles. The summed E-state index contributed by atoms with van der Waals surface area (Å²) in [7, 11) is 0. The third kappa shape index (κ3) is 1.11. The first-order valence-corrected chi connectivity index (χ1v) is 5.78. The van der Waals surface area contributed by atoms with Crippen LogP contribution in [0.1, 0.15) is 51.9 Å². The summed E-state index contributed by atoms with van der Waals surface area (Å²) in [5.41, 5.74) is 0.960. The zero-order chi connectivity index (χ0) is 8.18. The lowest BCUT2D eigenvalue weighted by Gasteiger charge is -2.27. The van der Waals surface area contributed by atoms with Gasteiger partial charge in [-0.2, -0.15) is 0 Å². The fraction of sp³-hybridized carbons (Fsp3) is 1.00. The Kier molecular flexibility index (Phi) is 1.40. The van der Waals surface area contributed by atoms with Crippen LogP contribution >= 0.6 is 0 Å². The first kappa shape index (κ1) is 7.41. The molecule has 0 radical (unpaired) electrons. The lowest BCUT2D eigenvalue weighted by atomic mass is 9.79. The van der Waals surface area contributed by atoms with E-state index in [0.29, 0.717) is 0 Å². The van der Waals surface area contributed by atoms with Crippen LogP contribution < -0.4 is 0 Å². The van der Waals surface area contributed by atoms with Gasteiger partial charge in [0.1, 0.15) is 0 Å². The number of rotatable bonds is 2. The van der Waals surface area contributed by atoms with Gasteiger partial charge in [0.15, 0.2) is 0 Å². The highest BCUT2D eigenvalue weighted by atomic mass is 14.7. The molecule has 0 N–H and O–H groups in total. The molecule has 2 atom stereocenters. The van der Waals surface area contributed by atoms with Gasteiger partial charge in [-0.1, -0.05) is 26.2 Å². The third-order valence-electron chi connectivity index (χ3n) is 4.59. The van der Waals surface area contributed by atoms with E-state index in [9.17, 15) is 0 Å². The molecule has 3 aliphatic rings. The van der Waals surface area contributed by atoms with E-state index in [1.165, 1.54) is 18.8 Å². The molecule has 3 rings (SSSR count). The summed E-state index contributed by atoms with van der Waals surface area (Å²) >= 11 is 0. The second-order valence-corrected chi connectivity index (χ2v) is 5.81. The zero-order valence-corrected chi connectivity index (χ0v) is 8.18. The molecule has 3 aliphatic carbocycles. The zero-order valence-electron chi connectivity index (χ0n) is 8.18. The Labute approximate surface area is 75.7 Å². The molecule has 0 aromatic rings. The molecule has 68 valence electrons. The Morgan fingerprint density at radius 1 is 1.25 bits per heavy atom. The molecular weight excluding hydrogens is 144 g/mol. The molecule has 3 saturated carbocycles. The molecule has 0 heteroatoms. The van der Waals surface area contributed by atoms with Crippen molar-refractivity contribution < 1.29 is 0 Å². The molecule has 2 unspecified atom stereocenters. The average Bonchev–Trinajstić information content (AvgIpc) is 2.76. The van der Waals surface area contributed by atoms with E-state index in [1.54, 1.807) is 32.1 Å². The molecule has 12 heavy (non-hydrogen) atoms. The van der Waals surface area contributed by atoms with Gasteiger partial charge in [-0.25, -0.2) is 0 Å². The molecule has 0 spiro atoms. The molecule has 0 heterocycles. The normalized spacial score (nSPS) is 56.2. The lowest BCUT2D eigenvalue weighted by Crippen LogP contribution is -2.14. The van der Waals surface area contributed by atoms with Gasteiger partial charge in [0, 0.05) is 0 Å². The van der Waals surface area contributed by atoms with Crippen LogP contribution in [-0.4, -0.2) is 0 Å². The minimum Gasteiger partial charge on any atom is -0.0625 e. The van der Waals surface area contributed by atoms with Crippen molar-refractivity contribution in [2.24, 2.45) is 23.2 Å². The third-order valence-corrected chi connectivity index (χ3v) is 4.59. The van der Waals surface area contributed by atoms with Crippen LogP contribution in [0.4, 0.5) is 0 Å². The van der Waals surface area contributed by atoms with Gasteiger partial charge in [0.05, 0.1) is 0 Å². The predicted molar refractivity (Wildman–Crippen MR) is 50.9 cm³/mol. The maximum Gasteiger partial charge on any atom is -0.0260 e. The minimum atomic E-state index is 0.960. The van der Waals surface area contributed by atoms with E-state index < -0.39 is 0 Å². The maximum atomic E-state index is 2.45. The largest absolute Gasteiger partial charge is 0.0625 e. The highest BCUT2D eigenvalue weighted by Crippen LogP contribution is 2.78. The smallest absolute Gasteiger partial charge is 0.0260 e. The van der Waals surface area contributed by atoms with Gasteiger partial charge < -0.3 is 0 Å². The van der Waals surface area contributed by atoms with Gasteiger partial charge in [-0.05, 0) is 48.9 Å². The van der Waals surface area contributed by atoms with Gasteiger partial charge in [0.2, 0.25) is 0 Å². The summed E-state index contributed by atoms with van der Waals surface area (Å²) in [4.78, 5) is 0.